The van der Waals surface area contributed by atoms with Gasteiger partial charge in [-0.05, 0) is 12.3 Å². The van der Waals surface area contributed by atoms with Crippen LogP contribution < -0.4 is 10.6 Å². The highest BCUT2D eigenvalue weighted by Gasteiger charge is 2.07. The van der Waals surface area contributed by atoms with Gasteiger partial charge in [-0.2, -0.15) is 0 Å². The van der Waals surface area contributed by atoms with Gasteiger partial charge in [0.1, 0.15) is 0 Å². The summed E-state index contributed by atoms with van der Waals surface area (Å²) >= 11 is 0. The van der Waals surface area contributed by atoms with Gasteiger partial charge in [-0.3, -0.25) is 9.59 Å². The molecule has 100 valence electrons. The Balaban J connectivity index is 3.52. The van der Waals surface area contributed by atoms with E-state index in [1.54, 1.807) is 0 Å². The molecular formula is C12H24N2O3. The van der Waals surface area contributed by atoms with Crippen LogP contribution in [0.4, 0.5) is 0 Å². The number of carbonyl (C=O) groups excluding carboxylic acids is 1. The summed E-state index contributed by atoms with van der Waals surface area (Å²) in [6, 6.07) is 0.386. The monoisotopic (exact) mass is 244 g/mol. The van der Waals surface area contributed by atoms with Crippen molar-refractivity contribution in [1.29, 1.82) is 0 Å². The average Bonchev–Trinajstić information content (AvgIpc) is 2.23. The van der Waals surface area contributed by atoms with Crippen molar-refractivity contribution in [1.82, 2.24) is 10.6 Å². The molecule has 0 aromatic heterocycles. The Hall–Kier alpha value is -1.10. The molecule has 0 aliphatic rings. The summed E-state index contributed by atoms with van der Waals surface area (Å²) in [5, 5.41) is 14.5. The summed E-state index contributed by atoms with van der Waals surface area (Å²) in [5.74, 6) is -0.572. The van der Waals surface area contributed by atoms with E-state index in [0.717, 1.165) is 0 Å². The van der Waals surface area contributed by atoms with Crippen molar-refractivity contribution in [3.05, 3.63) is 0 Å². The molecule has 3 N–H and O–H groups in total. The van der Waals surface area contributed by atoms with Crippen molar-refractivity contribution >= 4 is 11.9 Å². The van der Waals surface area contributed by atoms with E-state index in [1.165, 1.54) is 0 Å². The van der Waals surface area contributed by atoms with Crippen LogP contribution in [0.1, 0.15) is 40.0 Å². The van der Waals surface area contributed by atoms with Gasteiger partial charge in [0.05, 0.1) is 0 Å². The maximum absolute atomic E-state index is 11.4. The molecule has 0 heterocycles. The fourth-order valence-corrected chi connectivity index (χ4v) is 1.32. The lowest BCUT2D eigenvalue weighted by atomic mass is 10.1. The highest BCUT2D eigenvalue weighted by atomic mass is 16.4. The Labute approximate surface area is 103 Å². The smallest absolute Gasteiger partial charge is 0.303 e. The van der Waals surface area contributed by atoms with Crippen molar-refractivity contribution in [2.45, 2.75) is 46.1 Å². The summed E-state index contributed by atoms with van der Waals surface area (Å²) in [7, 11) is 0. The average molecular weight is 244 g/mol. The molecule has 0 radical (unpaired) electrons. The molecule has 0 fully saturated rings. The fourth-order valence-electron chi connectivity index (χ4n) is 1.32. The van der Waals surface area contributed by atoms with E-state index in [-0.39, 0.29) is 18.2 Å². The summed E-state index contributed by atoms with van der Waals surface area (Å²) in [6.45, 7) is 7.23. The minimum Gasteiger partial charge on any atom is -0.481 e. The molecule has 0 spiro atoms. The number of aliphatic carboxylic acids is 1. The van der Waals surface area contributed by atoms with Crippen molar-refractivity contribution in [3.8, 4) is 0 Å². The largest absolute Gasteiger partial charge is 0.481 e. The van der Waals surface area contributed by atoms with Crippen LogP contribution in [0.3, 0.4) is 0 Å². The molecule has 0 aromatic rings. The number of nitrogens with one attached hydrogen (secondary N) is 2. The molecule has 17 heavy (non-hydrogen) atoms. The lowest BCUT2D eigenvalue weighted by molar-refractivity contribution is -0.137. The summed E-state index contributed by atoms with van der Waals surface area (Å²) in [4.78, 5) is 21.8. The van der Waals surface area contributed by atoms with Crippen molar-refractivity contribution < 1.29 is 14.7 Å². The van der Waals surface area contributed by atoms with Crippen molar-refractivity contribution in [2.24, 2.45) is 5.92 Å². The van der Waals surface area contributed by atoms with E-state index in [1.807, 2.05) is 20.8 Å². The Bertz CT molecular complexity index is 242. The van der Waals surface area contributed by atoms with Crippen LogP contribution in [0.5, 0.6) is 0 Å². The predicted octanol–water partition coefficient (Wildman–Crippen LogP) is 0.992. The highest BCUT2D eigenvalue weighted by molar-refractivity contribution is 5.76. The number of carbonyl (C=O) groups is 2. The number of carboxylic acid groups (broad SMARTS) is 1. The van der Waals surface area contributed by atoms with Gasteiger partial charge in [0.15, 0.2) is 0 Å². The Morgan fingerprint density at radius 3 is 2.35 bits per heavy atom. The lowest BCUT2D eigenvalue weighted by Gasteiger charge is -2.12. The number of rotatable bonds is 9. The molecule has 0 aliphatic heterocycles. The van der Waals surface area contributed by atoms with Crippen LogP contribution in [0.25, 0.3) is 0 Å². The van der Waals surface area contributed by atoms with Crippen LogP contribution in [-0.4, -0.2) is 36.1 Å². The number of hydrogen-bond donors (Lipinski definition) is 3. The highest BCUT2D eigenvalue weighted by Crippen LogP contribution is 2.03. The Kier molecular flexibility index (Phi) is 8.40. The first-order valence-corrected chi connectivity index (χ1v) is 6.13. The molecule has 5 heteroatoms. The minimum absolute atomic E-state index is 0.0142. The van der Waals surface area contributed by atoms with Crippen molar-refractivity contribution in [3.63, 3.8) is 0 Å². The normalized spacial score (nSPS) is 12.5. The van der Waals surface area contributed by atoms with E-state index in [4.69, 9.17) is 5.11 Å². The molecular weight excluding hydrogens is 220 g/mol. The van der Waals surface area contributed by atoms with E-state index in [2.05, 4.69) is 10.6 Å². The van der Waals surface area contributed by atoms with Crippen molar-refractivity contribution in [2.75, 3.05) is 13.1 Å². The molecule has 0 rings (SSSR count). The van der Waals surface area contributed by atoms with Gasteiger partial charge >= 0.3 is 5.97 Å². The third-order valence-electron chi connectivity index (χ3n) is 2.40. The molecule has 0 bridgehead atoms. The van der Waals surface area contributed by atoms with Gasteiger partial charge in [-0.25, -0.2) is 0 Å². The number of carboxylic acids is 1. The molecule has 0 aromatic carbocycles. The molecule has 0 aliphatic carbocycles. The van der Waals surface area contributed by atoms with Crippen LogP contribution in [-0.2, 0) is 9.59 Å². The topological polar surface area (TPSA) is 78.4 Å². The van der Waals surface area contributed by atoms with E-state index in [0.29, 0.717) is 32.0 Å². The first-order chi connectivity index (χ1) is 7.91. The maximum Gasteiger partial charge on any atom is 0.303 e. The second-order valence-electron chi connectivity index (χ2n) is 4.70. The molecule has 5 nitrogen and oxygen atoms in total. The van der Waals surface area contributed by atoms with Crippen LogP contribution in [0, 0.1) is 5.92 Å². The van der Waals surface area contributed by atoms with Gasteiger partial charge in [0, 0.05) is 32.0 Å². The van der Waals surface area contributed by atoms with Crippen LogP contribution >= 0.6 is 0 Å². The molecule has 1 amide bonds. The number of hydrogen-bond acceptors (Lipinski definition) is 3. The van der Waals surface area contributed by atoms with Gasteiger partial charge in [0.25, 0.3) is 0 Å². The first kappa shape index (κ1) is 15.9. The predicted molar refractivity (Wildman–Crippen MR) is 66.8 cm³/mol. The molecule has 1 atom stereocenters. The van der Waals surface area contributed by atoms with E-state index in [9.17, 15) is 9.59 Å². The summed E-state index contributed by atoms with van der Waals surface area (Å²) in [5.41, 5.74) is 0. The van der Waals surface area contributed by atoms with Gasteiger partial charge in [0.2, 0.25) is 5.91 Å². The van der Waals surface area contributed by atoms with E-state index < -0.39 is 5.97 Å². The molecule has 1 unspecified atom stereocenters. The third-order valence-corrected chi connectivity index (χ3v) is 2.40. The lowest BCUT2D eigenvalue weighted by Crippen LogP contribution is -2.32. The maximum atomic E-state index is 11.4. The van der Waals surface area contributed by atoms with Crippen LogP contribution in [0.15, 0.2) is 0 Å². The quantitative estimate of drug-likeness (QED) is 0.565. The Morgan fingerprint density at radius 2 is 1.82 bits per heavy atom. The van der Waals surface area contributed by atoms with Gasteiger partial charge < -0.3 is 15.7 Å². The summed E-state index contributed by atoms with van der Waals surface area (Å²) < 4.78 is 0. The molecule has 0 saturated heterocycles. The third kappa shape index (κ3) is 11.2. The molecule has 0 saturated carbocycles. The fraction of sp³-hybridized carbons (Fsp3) is 0.833. The second-order valence-corrected chi connectivity index (χ2v) is 4.70. The number of amides is 1. The van der Waals surface area contributed by atoms with Crippen LogP contribution in [0.2, 0.25) is 0 Å². The van der Waals surface area contributed by atoms with Gasteiger partial charge in [-0.1, -0.05) is 20.8 Å². The second kappa shape index (κ2) is 8.98. The first-order valence-electron chi connectivity index (χ1n) is 6.13. The zero-order valence-corrected chi connectivity index (χ0v) is 11.0. The summed E-state index contributed by atoms with van der Waals surface area (Å²) in [6.07, 6.45) is 1.22. The van der Waals surface area contributed by atoms with Gasteiger partial charge in [-0.15, -0.1) is 0 Å². The zero-order valence-electron chi connectivity index (χ0n) is 11.0. The SMILES string of the molecule is CC(CCC(=O)O)CNC(=O)CCNC(C)C. The standard InChI is InChI=1S/C12H24N2O3/c1-9(2)13-7-6-11(15)14-8-10(3)4-5-12(16)17/h9-10,13H,4-8H2,1-3H3,(H,14,15)(H,16,17). The zero-order chi connectivity index (χ0) is 13.3. The minimum atomic E-state index is -0.788. The van der Waals surface area contributed by atoms with E-state index >= 15 is 0 Å². The Morgan fingerprint density at radius 1 is 1.18 bits per heavy atom.